The van der Waals surface area contributed by atoms with Crippen molar-refractivity contribution >= 4 is 11.7 Å². The third kappa shape index (κ3) is 2.61. The summed E-state index contributed by atoms with van der Waals surface area (Å²) in [5.41, 5.74) is 2.69. The van der Waals surface area contributed by atoms with Crippen LogP contribution in [0.15, 0.2) is 53.2 Å². The van der Waals surface area contributed by atoms with Gasteiger partial charge in [-0.15, -0.1) is 0 Å². The van der Waals surface area contributed by atoms with Gasteiger partial charge in [-0.1, -0.05) is 41.6 Å². The predicted octanol–water partition coefficient (Wildman–Crippen LogP) is 3.61. The molecule has 5 heteroatoms. The van der Waals surface area contributed by atoms with Crippen LogP contribution in [0.25, 0.3) is 11.3 Å². The average molecular weight is 293 g/mol. The molecule has 0 aliphatic carbocycles. The number of aryl methyl sites for hydroxylation is 2. The van der Waals surface area contributed by atoms with Crippen molar-refractivity contribution in [3.8, 4) is 11.3 Å². The van der Waals surface area contributed by atoms with E-state index in [2.05, 4.69) is 15.5 Å². The standard InChI is InChI=1S/C17H15N3O2/c1-11-7-6-10-18-16(11)19-17(21)14-12(2)22-20-15(14)13-8-4-3-5-9-13/h3-10H,1-2H3,(H,18,19,21). The number of nitrogens with one attached hydrogen (secondary N) is 1. The van der Waals surface area contributed by atoms with Crippen molar-refractivity contribution in [2.45, 2.75) is 13.8 Å². The van der Waals surface area contributed by atoms with Crippen molar-refractivity contribution in [3.05, 3.63) is 65.5 Å². The molecule has 3 rings (SSSR count). The molecule has 1 amide bonds. The second kappa shape index (κ2) is 5.81. The Morgan fingerprint density at radius 2 is 1.86 bits per heavy atom. The Morgan fingerprint density at radius 3 is 2.59 bits per heavy atom. The van der Waals surface area contributed by atoms with E-state index in [4.69, 9.17) is 4.52 Å². The van der Waals surface area contributed by atoms with Gasteiger partial charge in [0.05, 0.1) is 0 Å². The maximum Gasteiger partial charge on any atom is 0.262 e. The Hall–Kier alpha value is -2.95. The van der Waals surface area contributed by atoms with Gasteiger partial charge < -0.3 is 9.84 Å². The molecule has 0 unspecified atom stereocenters. The highest BCUT2D eigenvalue weighted by Gasteiger charge is 2.22. The summed E-state index contributed by atoms with van der Waals surface area (Å²) in [5, 5.41) is 6.83. The monoisotopic (exact) mass is 293 g/mol. The number of hydrogen-bond acceptors (Lipinski definition) is 4. The van der Waals surface area contributed by atoms with E-state index in [-0.39, 0.29) is 5.91 Å². The molecule has 0 radical (unpaired) electrons. The number of anilines is 1. The zero-order valence-electron chi connectivity index (χ0n) is 12.3. The molecule has 0 aliphatic rings. The number of benzene rings is 1. The molecule has 1 aromatic carbocycles. The van der Waals surface area contributed by atoms with Crippen molar-refractivity contribution in [1.82, 2.24) is 10.1 Å². The Bertz CT molecular complexity index is 810. The lowest BCUT2D eigenvalue weighted by Gasteiger charge is -2.07. The van der Waals surface area contributed by atoms with E-state index in [0.717, 1.165) is 11.1 Å². The molecule has 0 spiro atoms. The predicted molar refractivity (Wildman–Crippen MR) is 83.6 cm³/mol. The molecule has 0 aliphatic heterocycles. The van der Waals surface area contributed by atoms with Gasteiger partial charge in [-0.2, -0.15) is 0 Å². The number of aromatic nitrogens is 2. The van der Waals surface area contributed by atoms with E-state index >= 15 is 0 Å². The van der Waals surface area contributed by atoms with Crippen LogP contribution in [-0.2, 0) is 0 Å². The Morgan fingerprint density at radius 1 is 1.09 bits per heavy atom. The van der Waals surface area contributed by atoms with Crippen LogP contribution in [0, 0.1) is 13.8 Å². The van der Waals surface area contributed by atoms with Crippen molar-refractivity contribution < 1.29 is 9.32 Å². The topological polar surface area (TPSA) is 68.0 Å². The van der Waals surface area contributed by atoms with Crippen molar-refractivity contribution in [3.63, 3.8) is 0 Å². The van der Waals surface area contributed by atoms with Crippen molar-refractivity contribution in [2.75, 3.05) is 5.32 Å². The van der Waals surface area contributed by atoms with Gasteiger partial charge in [0, 0.05) is 11.8 Å². The lowest BCUT2D eigenvalue weighted by Crippen LogP contribution is -2.15. The van der Waals surface area contributed by atoms with Crippen LogP contribution < -0.4 is 5.32 Å². The number of hydrogen-bond donors (Lipinski definition) is 1. The lowest BCUT2D eigenvalue weighted by atomic mass is 10.1. The first kappa shape index (κ1) is 14.0. The van der Waals surface area contributed by atoms with Crippen LogP contribution in [-0.4, -0.2) is 16.0 Å². The largest absolute Gasteiger partial charge is 0.360 e. The summed E-state index contributed by atoms with van der Waals surface area (Å²) < 4.78 is 5.21. The van der Waals surface area contributed by atoms with Gasteiger partial charge in [0.1, 0.15) is 22.8 Å². The number of amides is 1. The molecule has 1 N–H and O–H groups in total. The molecule has 22 heavy (non-hydrogen) atoms. The van der Waals surface area contributed by atoms with Crippen LogP contribution in [0.4, 0.5) is 5.82 Å². The number of pyridine rings is 1. The molecule has 2 heterocycles. The van der Waals surface area contributed by atoms with Gasteiger partial charge in [0.25, 0.3) is 5.91 Å². The minimum absolute atomic E-state index is 0.278. The summed E-state index contributed by atoms with van der Waals surface area (Å²) in [5.74, 6) is 0.733. The maximum atomic E-state index is 12.6. The lowest BCUT2D eigenvalue weighted by molar-refractivity contribution is 0.102. The molecule has 0 saturated heterocycles. The summed E-state index contributed by atoms with van der Waals surface area (Å²) in [6.45, 7) is 3.61. The SMILES string of the molecule is Cc1cccnc1NC(=O)c1c(-c2ccccc2)noc1C. The summed E-state index contributed by atoms with van der Waals surface area (Å²) in [6.07, 6.45) is 1.64. The molecular weight excluding hydrogens is 278 g/mol. The van der Waals surface area contributed by atoms with Gasteiger partial charge in [0.2, 0.25) is 0 Å². The van der Waals surface area contributed by atoms with Gasteiger partial charge in [-0.3, -0.25) is 4.79 Å². The van der Waals surface area contributed by atoms with Gasteiger partial charge in [-0.05, 0) is 25.5 Å². The van der Waals surface area contributed by atoms with Crippen LogP contribution in [0.5, 0.6) is 0 Å². The molecule has 0 fully saturated rings. The van der Waals surface area contributed by atoms with Crippen molar-refractivity contribution in [2.24, 2.45) is 0 Å². The normalized spacial score (nSPS) is 10.5. The van der Waals surface area contributed by atoms with Gasteiger partial charge in [-0.25, -0.2) is 4.98 Å². The average Bonchev–Trinajstić information content (AvgIpc) is 2.92. The smallest absolute Gasteiger partial charge is 0.262 e. The Kier molecular flexibility index (Phi) is 3.70. The molecular formula is C17H15N3O2. The third-order valence-corrected chi connectivity index (χ3v) is 3.38. The number of nitrogens with zero attached hydrogens (tertiary/aromatic N) is 2. The number of carbonyl (C=O) groups excluding carboxylic acids is 1. The van der Waals surface area contributed by atoms with E-state index in [9.17, 15) is 4.79 Å². The second-order valence-electron chi connectivity index (χ2n) is 4.95. The zero-order chi connectivity index (χ0) is 15.5. The highest BCUT2D eigenvalue weighted by Crippen LogP contribution is 2.26. The first-order chi connectivity index (χ1) is 10.7. The molecule has 3 aromatic rings. The first-order valence-electron chi connectivity index (χ1n) is 6.91. The van der Waals surface area contributed by atoms with E-state index in [0.29, 0.717) is 22.8 Å². The Balaban J connectivity index is 1.97. The summed E-state index contributed by atoms with van der Waals surface area (Å²) in [7, 11) is 0. The first-order valence-corrected chi connectivity index (χ1v) is 6.91. The zero-order valence-corrected chi connectivity index (χ0v) is 12.3. The van der Waals surface area contributed by atoms with Crippen LogP contribution >= 0.6 is 0 Å². The fraction of sp³-hybridized carbons (Fsp3) is 0.118. The van der Waals surface area contributed by atoms with Crippen LogP contribution in [0.3, 0.4) is 0 Å². The Labute approximate surface area is 128 Å². The summed E-state index contributed by atoms with van der Waals surface area (Å²) in [6, 6.07) is 13.2. The van der Waals surface area contributed by atoms with E-state index in [1.165, 1.54) is 0 Å². The van der Waals surface area contributed by atoms with Gasteiger partial charge >= 0.3 is 0 Å². The minimum atomic E-state index is -0.278. The van der Waals surface area contributed by atoms with E-state index in [1.807, 2.05) is 49.4 Å². The fourth-order valence-corrected chi connectivity index (χ4v) is 2.22. The molecule has 0 atom stereocenters. The maximum absolute atomic E-state index is 12.6. The molecule has 2 aromatic heterocycles. The van der Waals surface area contributed by atoms with E-state index in [1.54, 1.807) is 13.1 Å². The van der Waals surface area contributed by atoms with Gasteiger partial charge in [0.15, 0.2) is 0 Å². The minimum Gasteiger partial charge on any atom is -0.360 e. The molecule has 0 saturated carbocycles. The summed E-state index contributed by atoms with van der Waals surface area (Å²) >= 11 is 0. The highest BCUT2D eigenvalue weighted by atomic mass is 16.5. The molecule has 5 nitrogen and oxygen atoms in total. The fourth-order valence-electron chi connectivity index (χ4n) is 2.22. The highest BCUT2D eigenvalue weighted by molar-refractivity contribution is 6.08. The quantitative estimate of drug-likeness (QED) is 0.801. The third-order valence-electron chi connectivity index (χ3n) is 3.38. The van der Waals surface area contributed by atoms with Crippen molar-refractivity contribution in [1.29, 1.82) is 0 Å². The van der Waals surface area contributed by atoms with Crippen LogP contribution in [0.2, 0.25) is 0 Å². The van der Waals surface area contributed by atoms with E-state index < -0.39 is 0 Å². The summed E-state index contributed by atoms with van der Waals surface area (Å²) in [4.78, 5) is 16.8. The molecule has 0 bridgehead atoms. The van der Waals surface area contributed by atoms with Crippen LogP contribution in [0.1, 0.15) is 21.7 Å². The second-order valence-corrected chi connectivity index (χ2v) is 4.95. The molecule has 110 valence electrons. The number of carbonyl (C=O) groups is 1. The number of rotatable bonds is 3.